The molecule has 1 N–H and O–H groups in total. The molecular weight excluding hydrogens is 527 g/mol. The first-order valence-electron chi connectivity index (χ1n) is 12.8. The number of hydrogen-bond acceptors (Lipinski definition) is 6. The molecule has 3 amide bonds. The Hall–Kier alpha value is -3.37. The minimum atomic E-state index is -0.617. The maximum Gasteiger partial charge on any atom is 0.410 e. The average molecular weight is 561 g/mol. The normalized spacial score (nSPS) is 19.4. The number of fused-ring (bicyclic) bond motifs is 2. The second kappa shape index (κ2) is 11.8. The summed E-state index contributed by atoms with van der Waals surface area (Å²) in [5.74, 6) is -0.448. The minimum Gasteiger partial charge on any atom is -0.482 e. The Morgan fingerprint density at radius 3 is 2.21 bits per heavy atom. The number of ether oxygens (including phenoxy) is 2. The van der Waals surface area contributed by atoms with E-state index in [1.165, 1.54) is 19.1 Å². The van der Waals surface area contributed by atoms with Gasteiger partial charge in [-0.1, -0.05) is 23.7 Å². The predicted molar refractivity (Wildman–Crippen MR) is 145 cm³/mol. The van der Waals surface area contributed by atoms with Crippen LogP contribution in [0.3, 0.4) is 0 Å². The number of carbonyl (C=O) groups excluding carboxylic acids is 3. The Kier molecular flexibility index (Phi) is 8.66. The van der Waals surface area contributed by atoms with Gasteiger partial charge in [-0.25, -0.2) is 9.18 Å². The van der Waals surface area contributed by atoms with Gasteiger partial charge in [0.05, 0.1) is 5.69 Å². The van der Waals surface area contributed by atoms with E-state index < -0.39 is 5.60 Å². The number of anilines is 1. The van der Waals surface area contributed by atoms with Crippen LogP contribution >= 0.6 is 11.6 Å². The molecule has 39 heavy (non-hydrogen) atoms. The standard InChI is InChI=1S/C28H34ClFN4O5/c1-18(35)31-24-11-20(29)7-10-25(24)38-17-26(36)32-13-22-15-33(27(37)39-28(2,3)4)16-23(14-32)34(22)12-19-5-8-21(30)9-6-19/h5-11,22-23H,12-17H2,1-4H3,(H,31,35). The molecule has 9 nitrogen and oxygen atoms in total. The highest BCUT2D eigenvalue weighted by Crippen LogP contribution is 2.29. The molecule has 0 saturated carbocycles. The van der Waals surface area contributed by atoms with Gasteiger partial charge in [0.1, 0.15) is 17.2 Å². The number of nitrogens with zero attached hydrogens (tertiary/aromatic N) is 3. The molecule has 2 aromatic carbocycles. The maximum absolute atomic E-state index is 13.5. The summed E-state index contributed by atoms with van der Waals surface area (Å²) in [7, 11) is 0. The van der Waals surface area contributed by atoms with Crippen molar-refractivity contribution in [2.45, 2.75) is 51.9 Å². The van der Waals surface area contributed by atoms with Crippen LogP contribution < -0.4 is 10.1 Å². The van der Waals surface area contributed by atoms with Crippen LogP contribution in [0.15, 0.2) is 42.5 Å². The lowest BCUT2D eigenvalue weighted by Crippen LogP contribution is -2.69. The number of piperazine rings is 2. The first kappa shape index (κ1) is 28.6. The Bertz CT molecular complexity index is 1200. The number of halogens is 2. The van der Waals surface area contributed by atoms with E-state index in [-0.39, 0.29) is 42.4 Å². The van der Waals surface area contributed by atoms with Gasteiger partial charge in [0.2, 0.25) is 5.91 Å². The van der Waals surface area contributed by atoms with Crippen molar-refractivity contribution in [2.75, 3.05) is 38.1 Å². The Morgan fingerprint density at radius 2 is 1.62 bits per heavy atom. The third kappa shape index (κ3) is 7.60. The minimum absolute atomic E-state index is 0.149. The van der Waals surface area contributed by atoms with E-state index in [1.54, 1.807) is 40.1 Å². The zero-order valence-corrected chi connectivity index (χ0v) is 23.3. The number of amides is 3. The third-order valence-corrected chi connectivity index (χ3v) is 6.78. The van der Waals surface area contributed by atoms with Gasteiger partial charge < -0.3 is 24.6 Å². The van der Waals surface area contributed by atoms with Gasteiger partial charge in [0, 0.05) is 56.8 Å². The van der Waals surface area contributed by atoms with Crippen molar-refractivity contribution in [2.24, 2.45) is 0 Å². The summed E-state index contributed by atoms with van der Waals surface area (Å²) in [5.41, 5.74) is 0.722. The summed E-state index contributed by atoms with van der Waals surface area (Å²) in [5, 5.41) is 3.09. The highest BCUT2D eigenvalue weighted by molar-refractivity contribution is 6.31. The van der Waals surface area contributed by atoms with Gasteiger partial charge in [-0.15, -0.1) is 0 Å². The Balaban J connectivity index is 1.46. The summed E-state index contributed by atoms with van der Waals surface area (Å²) in [6, 6.07) is 10.9. The Morgan fingerprint density at radius 1 is 1.00 bits per heavy atom. The van der Waals surface area contributed by atoms with Crippen LogP contribution in [-0.4, -0.2) is 83.1 Å². The van der Waals surface area contributed by atoms with E-state index >= 15 is 0 Å². The summed E-state index contributed by atoms with van der Waals surface area (Å²) < 4.78 is 24.8. The van der Waals surface area contributed by atoms with Crippen molar-refractivity contribution >= 4 is 35.2 Å². The number of nitrogens with one attached hydrogen (secondary N) is 1. The van der Waals surface area contributed by atoms with E-state index in [2.05, 4.69) is 10.2 Å². The molecule has 2 bridgehead atoms. The van der Waals surface area contributed by atoms with E-state index in [1.807, 2.05) is 20.8 Å². The molecule has 2 unspecified atom stereocenters. The largest absolute Gasteiger partial charge is 0.482 e. The van der Waals surface area contributed by atoms with Crippen molar-refractivity contribution in [1.82, 2.24) is 14.7 Å². The van der Waals surface area contributed by atoms with Crippen LogP contribution in [0.25, 0.3) is 0 Å². The van der Waals surface area contributed by atoms with Crippen LogP contribution in [-0.2, 0) is 20.9 Å². The molecule has 210 valence electrons. The van der Waals surface area contributed by atoms with Crippen LogP contribution in [0.5, 0.6) is 5.75 Å². The number of rotatable bonds is 6. The van der Waals surface area contributed by atoms with Gasteiger partial charge in [-0.3, -0.25) is 14.5 Å². The monoisotopic (exact) mass is 560 g/mol. The zero-order valence-electron chi connectivity index (χ0n) is 22.6. The van der Waals surface area contributed by atoms with Gasteiger partial charge in [-0.2, -0.15) is 0 Å². The maximum atomic E-state index is 13.5. The highest BCUT2D eigenvalue weighted by Gasteiger charge is 2.43. The van der Waals surface area contributed by atoms with Crippen molar-refractivity contribution in [3.63, 3.8) is 0 Å². The SMILES string of the molecule is CC(=O)Nc1cc(Cl)ccc1OCC(=O)N1CC2CN(C(=O)OC(C)(C)C)CC(C1)N2Cc1ccc(F)cc1. The lowest BCUT2D eigenvalue weighted by atomic mass is 9.99. The molecule has 2 saturated heterocycles. The fourth-order valence-electron chi connectivity index (χ4n) is 4.88. The Labute approximate surface area is 232 Å². The molecule has 0 radical (unpaired) electrons. The van der Waals surface area contributed by atoms with E-state index in [4.69, 9.17) is 21.1 Å². The van der Waals surface area contributed by atoms with Crippen LogP contribution in [0.4, 0.5) is 14.9 Å². The van der Waals surface area contributed by atoms with E-state index in [0.717, 1.165) is 5.56 Å². The molecule has 0 spiro atoms. The molecule has 0 aromatic heterocycles. The zero-order chi connectivity index (χ0) is 28.3. The van der Waals surface area contributed by atoms with Crippen molar-refractivity contribution in [3.8, 4) is 5.75 Å². The fourth-order valence-corrected chi connectivity index (χ4v) is 5.06. The van der Waals surface area contributed by atoms with Crippen molar-refractivity contribution in [1.29, 1.82) is 0 Å². The topological polar surface area (TPSA) is 91.4 Å². The van der Waals surface area contributed by atoms with Gasteiger partial charge in [0.15, 0.2) is 6.61 Å². The van der Waals surface area contributed by atoms with E-state index in [0.29, 0.717) is 49.2 Å². The number of hydrogen-bond donors (Lipinski definition) is 1. The van der Waals surface area contributed by atoms with Crippen molar-refractivity contribution in [3.05, 3.63) is 58.9 Å². The third-order valence-electron chi connectivity index (χ3n) is 6.55. The lowest BCUT2D eigenvalue weighted by molar-refractivity contribution is -0.141. The molecule has 2 aliphatic rings. The quantitative estimate of drug-likeness (QED) is 0.571. The highest BCUT2D eigenvalue weighted by atomic mass is 35.5. The molecule has 2 aromatic rings. The van der Waals surface area contributed by atoms with Crippen LogP contribution in [0, 0.1) is 5.82 Å². The molecule has 2 heterocycles. The first-order chi connectivity index (χ1) is 18.4. The molecule has 11 heteroatoms. The fraction of sp³-hybridized carbons (Fsp3) is 0.464. The van der Waals surface area contributed by atoms with Gasteiger partial charge >= 0.3 is 6.09 Å². The van der Waals surface area contributed by atoms with Gasteiger partial charge in [-0.05, 0) is 56.7 Å². The summed E-state index contributed by atoms with van der Waals surface area (Å²) in [4.78, 5) is 43.4. The summed E-state index contributed by atoms with van der Waals surface area (Å²) in [6.45, 7) is 8.76. The number of benzene rings is 2. The predicted octanol–water partition coefficient (Wildman–Crippen LogP) is 4.15. The molecule has 2 fully saturated rings. The smallest absolute Gasteiger partial charge is 0.410 e. The lowest BCUT2D eigenvalue weighted by Gasteiger charge is -2.53. The molecule has 2 atom stereocenters. The van der Waals surface area contributed by atoms with Crippen LogP contribution in [0.2, 0.25) is 5.02 Å². The van der Waals surface area contributed by atoms with Gasteiger partial charge in [0.25, 0.3) is 5.91 Å². The summed E-state index contributed by atoms with van der Waals surface area (Å²) >= 11 is 6.05. The average Bonchev–Trinajstić information content (AvgIpc) is 2.83. The molecular formula is C28H34ClFN4O5. The van der Waals surface area contributed by atoms with E-state index in [9.17, 15) is 18.8 Å². The molecule has 4 rings (SSSR count). The first-order valence-corrected chi connectivity index (χ1v) is 13.2. The number of carbonyl (C=O) groups is 3. The molecule has 2 aliphatic heterocycles. The second-order valence-electron chi connectivity index (χ2n) is 10.9. The van der Waals surface area contributed by atoms with Crippen LogP contribution in [0.1, 0.15) is 33.3 Å². The summed E-state index contributed by atoms with van der Waals surface area (Å²) in [6.07, 6.45) is -0.379. The van der Waals surface area contributed by atoms with Crippen molar-refractivity contribution < 1.29 is 28.2 Å². The molecule has 0 aliphatic carbocycles. The second-order valence-corrected chi connectivity index (χ2v) is 11.3.